The molecular formula is C15H11N3O3. The van der Waals surface area contributed by atoms with Crippen molar-refractivity contribution in [1.29, 1.82) is 5.26 Å². The summed E-state index contributed by atoms with van der Waals surface area (Å²) in [5, 5.41) is 19.9. The van der Waals surface area contributed by atoms with Crippen LogP contribution in [0.2, 0.25) is 0 Å². The Balaban J connectivity index is 2.40. The van der Waals surface area contributed by atoms with Gasteiger partial charge in [0.05, 0.1) is 16.6 Å². The second-order valence-corrected chi connectivity index (χ2v) is 4.30. The number of nitriles is 1. The van der Waals surface area contributed by atoms with Gasteiger partial charge in [0, 0.05) is 18.8 Å². The Labute approximate surface area is 121 Å². The Kier molecular flexibility index (Phi) is 3.95. The maximum atomic E-state index is 12.4. The minimum atomic E-state index is -0.591. The van der Waals surface area contributed by atoms with Crippen molar-refractivity contribution in [3.05, 3.63) is 69.8 Å². The molecular weight excluding hydrogens is 270 g/mol. The molecule has 0 spiro atoms. The highest BCUT2D eigenvalue weighted by atomic mass is 16.6. The molecule has 6 heteroatoms. The third kappa shape index (κ3) is 2.87. The first kappa shape index (κ1) is 14.2. The van der Waals surface area contributed by atoms with Crippen molar-refractivity contribution < 1.29 is 9.72 Å². The number of hydrogen-bond acceptors (Lipinski definition) is 4. The van der Waals surface area contributed by atoms with Crippen LogP contribution in [0.15, 0.2) is 48.5 Å². The summed E-state index contributed by atoms with van der Waals surface area (Å²) in [7, 11) is 1.51. The Hall–Kier alpha value is -3.20. The van der Waals surface area contributed by atoms with E-state index in [1.165, 1.54) is 30.1 Å². The van der Waals surface area contributed by atoms with Crippen LogP contribution < -0.4 is 4.90 Å². The van der Waals surface area contributed by atoms with Crippen LogP contribution >= 0.6 is 0 Å². The van der Waals surface area contributed by atoms with E-state index in [9.17, 15) is 14.9 Å². The van der Waals surface area contributed by atoms with Gasteiger partial charge in [-0.3, -0.25) is 14.9 Å². The Morgan fingerprint density at radius 2 is 1.95 bits per heavy atom. The largest absolute Gasteiger partial charge is 0.311 e. The number of nitro groups is 1. The van der Waals surface area contributed by atoms with Crippen LogP contribution in [0, 0.1) is 21.4 Å². The average Bonchev–Trinajstić information content (AvgIpc) is 2.53. The van der Waals surface area contributed by atoms with E-state index in [-0.39, 0.29) is 11.3 Å². The van der Waals surface area contributed by atoms with Gasteiger partial charge in [0.15, 0.2) is 0 Å². The zero-order valence-electron chi connectivity index (χ0n) is 11.2. The fourth-order valence-electron chi connectivity index (χ4n) is 1.90. The molecule has 0 heterocycles. The van der Waals surface area contributed by atoms with Gasteiger partial charge in [-0.1, -0.05) is 18.2 Å². The van der Waals surface area contributed by atoms with E-state index >= 15 is 0 Å². The second-order valence-electron chi connectivity index (χ2n) is 4.30. The highest BCUT2D eigenvalue weighted by Crippen LogP contribution is 2.22. The molecule has 0 unspecified atom stereocenters. The van der Waals surface area contributed by atoms with Crippen LogP contribution in [-0.4, -0.2) is 17.9 Å². The smallest absolute Gasteiger partial charge is 0.282 e. The summed E-state index contributed by atoms with van der Waals surface area (Å²) in [6, 6.07) is 14.2. The maximum Gasteiger partial charge on any atom is 0.282 e. The number of carbonyl (C=O) groups excluding carboxylic acids is 1. The van der Waals surface area contributed by atoms with Gasteiger partial charge in [-0.25, -0.2) is 0 Å². The predicted molar refractivity (Wildman–Crippen MR) is 77.0 cm³/mol. The van der Waals surface area contributed by atoms with Crippen molar-refractivity contribution in [3.8, 4) is 6.07 Å². The maximum absolute atomic E-state index is 12.4. The summed E-state index contributed by atoms with van der Waals surface area (Å²) >= 11 is 0. The lowest BCUT2D eigenvalue weighted by atomic mass is 10.1. The lowest BCUT2D eigenvalue weighted by Crippen LogP contribution is -2.26. The van der Waals surface area contributed by atoms with Crippen molar-refractivity contribution in [2.24, 2.45) is 0 Å². The van der Waals surface area contributed by atoms with Crippen LogP contribution in [-0.2, 0) is 0 Å². The van der Waals surface area contributed by atoms with Gasteiger partial charge in [-0.05, 0) is 24.3 Å². The molecule has 1 amide bonds. The molecule has 2 aromatic rings. The van der Waals surface area contributed by atoms with Crippen molar-refractivity contribution in [3.63, 3.8) is 0 Å². The van der Waals surface area contributed by atoms with Crippen LogP contribution in [0.3, 0.4) is 0 Å². The molecule has 104 valence electrons. The molecule has 0 fully saturated rings. The lowest BCUT2D eigenvalue weighted by Gasteiger charge is -2.17. The highest BCUT2D eigenvalue weighted by Gasteiger charge is 2.22. The number of hydrogen-bond donors (Lipinski definition) is 0. The fraction of sp³-hybridized carbons (Fsp3) is 0.0667. The van der Waals surface area contributed by atoms with E-state index in [0.717, 1.165) is 0 Å². The zero-order valence-corrected chi connectivity index (χ0v) is 11.2. The SMILES string of the molecule is CN(C(=O)c1ccccc1[N+](=O)[O-])c1cccc(C#N)c1. The van der Waals surface area contributed by atoms with E-state index in [4.69, 9.17) is 5.26 Å². The van der Waals surface area contributed by atoms with E-state index in [1.54, 1.807) is 30.3 Å². The van der Waals surface area contributed by atoms with Gasteiger partial charge in [0.25, 0.3) is 11.6 Å². The van der Waals surface area contributed by atoms with Gasteiger partial charge in [-0.2, -0.15) is 5.26 Å². The third-order valence-electron chi connectivity index (χ3n) is 3.00. The summed E-state index contributed by atoms with van der Waals surface area (Å²) < 4.78 is 0. The lowest BCUT2D eigenvalue weighted by molar-refractivity contribution is -0.385. The fourth-order valence-corrected chi connectivity index (χ4v) is 1.90. The van der Waals surface area contributed by atoms with Gasteiger partial charge in [0.2, 0.25) is 0 Å². The van der Waals surface area contributed by atoms with Crippen molar-refractivity contribution >= 4 is 17.3 Å². The van der Waals surface area contributed by atoms with Crippen LogP contribution in [0.5, 0.6) is 0 Å². The highest BCUT2D eigenvalue weighted by molar-refractivity contribution is 6.08. The Morgan fingerprint density at radius 3 is 2.62 bits per heavy atom. The number of benzene rings is 2. The number of carbonyl (C=O) groups is 1. The number of anilines is 1. The molecule has 6 nitrogen and oxygen atoms in total. The second kappa shape index (κ2) is 5.84. The minimum Gasteiger partial charge on any atom is -0.311 e. The van der Waals surface area contributed by atoms with Crippen molar-refractivity contribution in [2.45, 2.75) is 0 Å². The topological polar surface area (TPSA) is 87.2 Å². The molecule has 0 aliphatic carbocycles. The number of rotatable bonds is 3. The van der Waals surface area contributed by atoms with Gasteiger partial charge in [0.1, 0.15) is 5.56 Å². The summed E-state index contributed by atoms with van der Waals surface area (Å²) in [6.45, 7) is 0. The van der Waals surface area contributed by atoms with E-state index in [1.807, 2.05) is 6.07 Å². The Bertz CT molecular complexity index is 750. The van der Waals surface area contributed by atoms with Gasteiger partial charge in [-0.15, -0.1) is 0 Å². The summed E-state index contributed by atoms with van der Waals surface area (Å²) in [5.74, 6) is -0.502. The standard InChI is InChI=1S/C15H11N3O3/c1-17(12-6-4-5-11(9-12)10-16)15(19)13-7-2-3-8-14(13)18(20)21/h2-9H,1H3. The first-order valence-corrected chi connectivity index (χ1v) is 6.06. The summed E-state index contributed by atoms with van der Waals surface area (Å²) in [5.41, 5.74) is 0.671. The molecule has 0 saturated heterocycles. The number of nitrogens with zero attached hydrogens (tertiary/aromatic N) is 3. The first-order valence-electron chi connectivity index (χ1n) is 6.06. The third-order valence-corrected chi connectivity index (χ3v) is 3.00. The normalized spacial score (nSPS) is 9.71. The minimum absolute atomic E-state index is 0.00682. The molecule has 0 aliphatic heterocycles. The van der Waals surface area contributed by atoms with E-state index in [2.05, 4.69) is 0 Å². The van der Waals surface area contributed by atoms with E-state index < -0.39 is 10.8 Å². The molecule has 2 aromatic carbocycles. The molecule has 0 N–H and O–H groups in total. The van der Waals surface area contributed by atoms with Gasteiger partial charge < -0.3 is 4.90 Å². The monoisotopic (exact) mass is 281 g/mol. The predicted octanol–water partition coefficient (Wildman–Crippen LogP) is 2.74. The molecule has 2 rings (SSSR count). The zero-order chi connectivity index (χ0) is 15.4. The van der Waals surface area contributed by atoms with E-state index in [0.29, 0.717) is 11.3 Å². The molecule has 0 saturated carbocycles. The summed E-state index contributed by atoms with van der Waals surface area (Å²) in [4.78, 5) is 24.1. The van der Waals surface area contributed by atoms with Gasteiger partial charge >= 0.3 is 0 Å². The molecule has 0 aromatic heterocycles. The molecule has 21 heavy (non-hydrogen) atoms. The number of amides is 1. The van der Waals surface area contributed by atoms with Crippen LogP contribution in [0.25, 0.3) is 0 Å². The average molecular weight is 281 g/mol. The number of para-hydroxylation sites is 1. The number of nitro benzene ring substituents is 1. The summed E-state index contributed by atoms with van der Waals surface area (Å²) in [6.07, 6.45) is 0. The van der Waals surface area contributed by atoms with Crippen LogP contribution in [0.4, 0.5) is 11.4 Å². The van der Waals surface area contributed by atoms with Crippen molar-refractivity contribution in [2.75, 3.05) is 11.9 Å². The quantitative estimate of drug-likeness (QED) is 0.639. The van der Waals surface area contributed by atoms with Crippen LogP contribution in [0.1, 0.15) is 15.9 Å². The molecule has 0 bridgehead atoms. The molecule has 0 atom stereocenters. The Morgan fingerprint density at radius 1 is 1.24 bits per heavy atom. The first-order chi connectivity index (χ1) is 10.0. The van der Waals surface area contributed by atoms with Crippen molar-refractivity contribution in [1.82, 2.24) is 0 Å². The molecule has 0 radical (unpaired) electrons. The molecule has 0 aliphatic rings.